The SMILES string of the molecule is O=C(NCl)c1c(C(F)(F)F)cc(Cl)nc1Cl. The molecular formula is C7H2Cl3F3N2O. The van der Waals surface area contributed by atoms with Crippen LogP contribution < -0.4 is 4.84 Å². The van der Waals surface area contributed by atoms with Crippen LogP contribution >= 0.6 is 35.0 Å². The summed E-state index contributed by atoms with van der Waals surface area (Å²) in [6.07, 6.45) is -4.78. The van der Waals surface area contributed by atoms with Crippen LogP contribution in [0.1, 0.15) is 15.9 Å². The van der Waals surface area contributed by atoms with Crippen molar-refractivity contribution >= 4 is 40.9 Å². The van der Waals surface area contributed by atoms with Gasteiger partial charge in [0.15, 0.2) is 0 Å². The first-order chi connectivity index (χ1) is 7.27. The second-order valence-corrected chi connectivity index (χ2v) is 3.51. The minimum Gasteiger partial charge on any atom is -0.268 e. The number of nitrogens with zero attached hydrogens (tertiary/aromatic N) is 1. The summed E-state index contributed by atoms with van der Waals surface area (Å²) in [5.74, 6) is -1.21. The van der Waals surface area contributed by atoms with Gasteiger partial charge in [0.25, 0.3) is 5.91 Å². The van der Waals surface area contributed by atoms with Crippen molar-refractivity contribution in [2.45, 2.75) is 6.18 Å². The van der Waals surface area contributed by atoms with Crippen molar-refractivity contribution < 1.29 is 18.0 Å². The van der Waals surface area contributed by atoms with Crippen molar-refractivity contribution in [3.63, 3.8) is 0 Å². The predicted octanol–water partition coefficient (Wildman–Crippen LogP) is 3.29. The number of amides is 1. The van der Waals surface area contributed by atoms with Crippen molar-refractivity contribution in [2.24, 2.45) is 0 Å². The third-order valence-corrected chi connectivity index (χ3v) is 2.20. The van der Waals surface area contributed by atoms with Gasteiger partial charge < -0.3 is 0 Å². The number of hydrogen-bond acceptors (Lipinski definition) is 2. The molecule has 1 heterocycles. The third-order valence-electron chi connectivity index (χ3n) is 1.56. The first-order valence-corrected chi connectivity index (χ1v) is 4.75. The van der Waals surface area contributed by atoms with E-state index < -0.39 is 33.5 Å². The smallest absolute Gasteiger partial charge is 0.268 e. The average molecular weight is 293 g/mol. The molecule has 1 aromatic rings. The highest BCUT2D eigenvalue weighted by molar-refractivity contribution is 6.36. The van der Waals surface area contributed by atoms with Crippen LogP contribution in [-0.4, -0.2) is 10.9 Å². The van der Waals surface area contributed by atoms with Gasteiger partial charge in [-0.05, 0) is 6.07 Å². The maximum Gasteiger partial charge on any atom is 0.417 e. The summed E-state index contributed by atoms with van der Waals surface area (Å²) in [5.41, 5.74) is -2.16. The zero-order valence-electron chi connectivity index (χ0n) is 7.20. The van der Waals surface area contributed by atoms with E-state index in [9.17, 15) is 18.0 Å². The van der Waals surface area contributed by atoms with Crippen LogP contribution in [0.2, 0.25) is 10.3 Å². The van der Waals surface area contributed by atoms with Gasteiger partial charge in [0.2, 0.25) is 0 Å². The van der Waals surface area contributed by atoms with Crippen LogP contribution in [0.25, 0.3) is 0 Å². The topological polar surface area (TPSA) is 42.0 Å². The molecule has 0 saturated heterocycles. The molecule has 88 valence electrons. The van der Waals surface area contributed by atoms with Crippen molar-refractivity contribution in [3.8, 4) is 0 Å². The van der Waals surface area contributed by atoms with Crippen LogP contribution in [0, 0.1) is 0 Å². The number of halogens is 6. The largest absolute Gasteiger partial charge is 0.417 e. The Morgan fingerprint density at radius 1 is 1.38 bits per heavy atom. The highest BCUT2D eigenvalue weighted by Gasteiger charge is 2.37. The third kappa shape index (κ3) is 2.69. The quantitative estimate of drug-likeness (QED) is 0.637. The molecule has 0 aliphatic rings. The Kier molecular flexibility index (Phi) is 3.88. The molecule has 0 atom stereocenters. The van der Waals surface area contributed by atoms with Gasteiger partial charge in [0.1, 0.15) is 10.3 Å². The minimum absolute atomic E-state index is 0.469. The van der Waals surface area contributed by atoms with Gasteiger partial charge in [-0.25, -0.2) is 4.98 Å². The minimum atomic E-state index is -4.78. The summed E-state index contributed by atoms with van der Waals surface area (Å²) >= 11 is 15.6. The molecule has 0 spiro atoms. The average Bonchev–Trinajstić information content (AvgIpc) is 2.14. The van der Waals surface area contributed by atoms with Crippen LogP contribution in [0.15, 0.2) is 6.07 Å². The Morgan fingerprint density at radius 2 is 1.94 bits per heavy atom. The fourth-order valence-electron chi connectivity index (χ4n) is 0.971. The number of carbonyl (C=O) groups excluding carboxylic acids is 1. The molecule has 16 heavy (non-hydrogen) atoms. The van der Waals surface area contributed by atoms with Crippen LogP contribution in [-0.2, 0) is 6.18 Å². The molecule has 1 N–H and O–H groups in total. The molecule has 0 bridgehead atoms. The molecule has 0 aromatic carbocycles. The number of hydrogen-bond donors (Lipinski definition) is 1. The van der Waals surface area contributed by atoms with Gasteiger partial charge in [0, 0.05) is 11.8 Å². The molecule has 0 saturated carbocycles. The molecule has 0 unspecified atom stereocenters. The monoisotopic (exact) mass is 292 g/mol. The summed E-state index contributed by atoms with van der Waals surface area (Å²) in [5, 5.41) is -1.14. The normalized spacial score (nSPS) is 11.4. The van der Waals surface area contributed by atoms with E-state index >= 15 is 0 Å². The van der Waals surface area contributed by atoms with E-state index in [1.165, 1.54) is 4.84 Å². The lowest BCUT2D eigenvalue weighted by Crippen LogP contribution is -2.20. The van der Waals surface area contributed by atoms with Gasteiger partial charge in [0.05, 0.1) is 11.1 Å². The summed E-state index contributed by atoms with van der Waals surface area (Å²) in [6, 6.07) is 0.495. The Labute approximate surface area is 103 Å². The van der Waals surface area contributed by atoms with Gasteiger partial charge in [-0.1, -0.05) is 23.2 Å². The molecule has 3 nitrogen and oxygen atoms in total. The summed E-state index contributed by atoms with van der Waals surface area (Å²) < 4.78 is 37.6. The van der Waals surface area contributed by atoms with Gasteiger partial charge in [-0.2, -0.15) is 13.2 Å². The Bertz CT molecular complexity index is 436. The van der Waals surface area contributed by atoms with Gasteiger partial charge in [-0.15, -0.1) is 0 Å². The molecule has 1 amide bonds. The van der Waals surface area contributed by atoms with Crippen LogP contribution in [0.5, 0.6) is 0 Å². The summed E-state index contributed by atoms with van der Waals surface area (Å²) in [4.78, 5) is 16.0. The van der Waals surface area contributed by atoms with Crippen LogP contribution in [0.3, 0.4) is 0 Å². The highest BCUT2D eigenvalue weighted by atomic mass is 35.5. The molecule has 0 fully saturated rings. The zero-order valence-corrected chi connectivity index (χ0v) is 9.47. The molecule has 0 radical (unpaired) electrons. The molecule has 1 rings (SSSR count). The van der Waals surface area contributed by atoms with E-state index in [1.807, 2.05) is 0 Å². The van der Waals surface area contributed by atoms with E-state index in [0.717, 1.165) is 0 Å². The lowest BCUT2D eigenvalue weighted by atomic mass is 10.1. The van der Waals surface area contributed by atoms with Crippen LogP contribution in [0.4, 0.5) is 13.2 Å². The van der Waals surface area contributed by atoms with Crippen molar-refractivity contribution in [1.29, 1.82) is 0 Å². The zero-order chi connectivity index (χ0) is 12.5. The number of pyridine rings is 1. The summed E-state index contributed by atoms with van der Waals surface area (Å²) in [7, 11) is 0. The van der Waals surface area contributed by atoms with Crippen molar-refractivity contribution in [2.75, 3.05) is 0 Å². The van der Waals surface area contributed by atoms with E-state index in [1.54, 1.807) is 0 Å². The molecule has 1 aromatic heterocycles. The van der Waals surface area contributed by atoms with E-state index in [0.29, 0.717) is 6.07 Å². The molecular weight excluding hydrogens is 291 g/mol. The molecule has 0 aliphatic heterocycles. The van der Waals surface area contributed by atoms with E-state index in [4.69, 9.17) is 35.0 Å². The molecule has 0 aliphatic carbocycles. The standard InChI is InChI=1S/C7H2Cl3F3N2O/c8-3-1-2(7(11,12)13)4(5(9)14-3)6(16)15-10/h1H,(H,15,16). The van der Waals surface area contributed by atoms with Gasteiger partial charge >= 0.3 is 6.18 Å². The van der Waals surface area contributed by atoms with E-state index in [-0.39, 0.29) is 0 Å². The Hall–Kier alpha value is -0.720. The molecule has 9 heteroatoms. The second kappa shape index (κ2) is 4.65. The van der Waals surface area contributed by atoms with Crippen molar-refractivity contribution in [3.05, 3.63) is 27.5 Å². The number of aromatic nitrogens is 1. The van der Waals surface area contributed by atoms with Gasteiger partial charge in [-0.3, -0.25) is 9.63 Å². The highest BCUT2D eigenvalue weighted by Crippen LogP contribution is 2.35. The fraction of sp³-hybridized carbons (Fsp3) is 0.143. The van der Waals surface area contributed by atoms with E-state index in [2.05, 4.69) is 4.98 Å². The second-order valence-electron chi connectivity index (χ2n) is 2.58. The maximum atomic E-state index is 12.5. The Morgan fingerprint density at radius 3 is 2.38 bits per heavy atom. The first-order valence-electron chi connectivity index (χ1n) is 3.61. The summed E-state index contributed by atoms with van der Waals surface area (Å²) in [6.45, 7) is 0. The number of carbonyl (C=O) groups is 1. The number of rotatable bonds is 1. The maximum absolute atomic E-state index is 12.5. The lowest BCUT2D eigenvalue weighted by molar-refractivity contribution is -0.138. The first kappa shape index (κ1) is 13.3. The number of nitrogens with one attached hydrogen (secondary N) is 1. The predicted molar refractivity (Wildman–Crippen MR) is 52.6 cm³/mol. The fourth-order valence-corrected chi connectivity index (χ4v) is 1.58. The number of alkyl halides is 3. The lowest BCUT2D eigenvalue weighted by Gasteiger charge is -2.12. The Balaban J connectivity index is 3.51. The van der Waals surface area contributed by atoms with Crippen molar-refractivity contribution in [1.82, 2.24) is 9.82 Å².